The number of nitrogens with zero attached hydrogens (tertiary/aromatic N) is 1. The number of ether oxygens (including phenoxy) is 2. The number of carbonyl (C=O) groups excluding carboxylic acids is 1. The maximum atomic E-state index is 12.8. The SMILES string of the molecule is CSCCc1nc(-c2ccc(C(F)(F)F)cc2)oc1OC(=O)OCc1ccccc1. The van der Waals surface area contributed by atoms with Crippen LogP contribution < -0.4 is 4.74 Å². The maximum Gasteiger partial charge on any atom is 0.516 e. The first-order chi connectivity index (χ1) is 14.4. The molecule has 0 radical (unpaired) electrons. The van der Waals surface area contributed by atoms with Gasteiger partial charge in [0, 0.05) is 12.0 Å². The van der Waals surface area contributed by atoms with E-state index in [1.54, 1.807) is 23.9 Å². The first kappa shape index (κ1) is 21.8. The zero-order valence-electron chi connectivity index (χ0n) is 15.9. The molecule has 0 aliphatic carbocycles. The van der Waals surface area contributed by atoms with Crippen molar-refractivity contribution < 1.29 is 31.9 Å². The first-order valence-corrected chi connectivity index (χ1v) is 10.3. The summed E-state index contributed by atoms with van der Waals surface area (Å²) in [5, 5.41) is 0. The molecule has 30 heavy (non-hydrogen) atoms. The predicted octanol–water partition coefficient (Wildman–Crippen LogP) is 5.98. The van der Waals surface area contributed by atoms with Gasteiger partial charge in [-0.15, -0.1) is 0 Å². The Labute approximate surface area is 175 Å². The van der Waals surface area contributed by atoms with Crippen molar-refractivity contribution in [2.24, 2.45) is 0 Å². The summed E-state index contributed by atoms with van der Waals surface area (Å²) in [6.07, 6.45) is -3.03. The third kappa shape index (κ3) is 5.79. The van der Waals surface area contributed by atoms with Gasteiger partial charge in [-0.1, -0.05) is 30.3 Å². The van der Waals surface area contributed by atoms with Crippen LogP contribution in [0.1, 0.15) is 16.8 Å². The van der Waals surface area contributed by atoms with Gasteiger partial charge in [0.2, 0.25) is 5.89 Å². The van der Waals surface area contributed by atoms with E-state index in [1.807, 2.05) is 24.5 Å². The molecule has 0 fully saturated rings. The number of hydrogen-bond acceptors (Lipinski definition) is 6. The van der Waals surface area contributed by atoms with Crippen molar-refractivity contribution in [2.75, 3.05) is 12.0 Å². The predicted molar refractivity (Wildman–Crippen MR) is 106 cm³/mol. The third-order valence-electron chi connectivity index (χ3n) is 4.04. The molecule has 0 unspecified atom stereocenters. The number of alkyl halides is 3. The standard InChI is InChI=1S/C21H18F3NO4S/c1-30-12-11-17-19(29-20(26)27-13-14-5-3-2-4-6-14)28-18(25-17)15-7-9-16(10-8-15)21(22,23)24/h2-10H,11-13H2,1H3. The lowest BCUT2D eigenvalue weighted by Gasteiger charge is -2.06. The Hall–Kier alpha value is -2.94. The average molecular weight is 437 g/mol. The van der Waals surface area contributed by atoms with Crippen molar-refractivity contribution in [1.29, 1.82) is 0 Å². The van der Waals surface area contributed by atoms with Crippen LogP contribution in [0.2, 0.25) is 0 Å². The Bertz CT molecular complexity index is 972. The first-order valence-electron chi connectivity index (χ1n) is 8.91. The van der Waals surface area contributed by atoms with Crippen molar-refractivity contribution in [2.45, 2.75) is 19.2 Å². The Morgan fingerprint density at radius 2 is 1.80 bits per heavy atom. The zero-order chi connectivity index (χ0) is 21.6. The summed E-state index contributed by atoms with van der Waals surface area (Å²) in [6, 6.07) is 13.5. The summed E-state index contributed by atoms with van der Waals surface area (Å²) in [5.41, 5.74) is 0.734. The van der Waals surface area contributed by atoms with Crippen molar-refractivity contribution in [3.8, 4) is 17.4 Å². The highest BCUT2D eigenvalue weighted by Gasteiger charge is 2.30. The van der Waals surface area contributed by atoms with E-state index in [9.17, 15) is 18.0 Å². The summed E-state index contributed by atoms with van der Waals surface area (Å²) >= 11 is 1.56. The van der Waals surface area contributed by atoms with E-state index in [0.717, 1.165) is 17.7 Å². The number of thioether (sulfide) groups is 1. The van der Waals surface area contributed by atoms with Crippen LogP contribution in [0.3, 0.4) is 0 Å². The lowest BCUT2D eigenvalue weighted by atomic mass is 10.1. The summed E-state index contributed by atoms with van der Waals surface area (Å²) in [6.45, 7) is 0.0275. The van der Waals surface area contributed by atoms with E-state index < -0.39 is 17.9 Å². The van der Waals surface area contributed by atoms with Crippen LogP contribution in [0.5, 0.6) is 5.95 Å². The van der Waals surface area contributed by atoms with Crippen LogP contribution in [-0.2, 0) is 23.9 Å². The molecule has 158 valence electrons. The molecule has 2 aromatic carbocycles. The number of aromatic nitrogens is 1. The molecule has 0 atom stereocenters. The van der Waals surface area contributed by atoms with Gasteiger partial charge in [0.15, 0.2) is 0 Å². The minimum Gasteiger partial charge on any atom is -0.429 e. The van der Waals surface area contributed by atoms with Crippen LogP contribution in [0.4, 0.5) is 18.0 Å². The maximum absolute atomic E-state index is 12.8. The van der Waals surface area contributed by atoms with Crippen molar-refractivity contribution in [1.82, 2.24) is 4.98 Å². The fourth-order valence-electron chi connectivity index (χ4n) is 2.52. The Morgan fingerprint density at radius 1 is 1.10 bits per heavy atom. The van der Waals surface area contributed by atoms with Gasteiger partial charge in [-0.05, 0) is 41.8 Å². The second kappa shape index (κ2) is 9.71. The van der Waals surface area contributed by atoms with Crippen molar-refractivity contribution >= 4 is 17.9 Å². The van der Waals surface area contributed by atoms with E-state index in [1.165, 1.54) is 12.1 Å². The molecule has 0 aliphatic heterocycles. The van der Waals surface area contributed by atoms with Gasteiger partial charge >= 0.3 is 18.3 Å². The summed E-state index contributed by atoms with van der Waals surface area (Å²) in [4.78, 5) is 16.3. The van der Waals surface area contributed by atoms with Crippen molar-refractivity contribution in [3.05, 3.63) is 71.4 Å². The number of oxazole rings is 1. The number of halogens is 3. The Balaban J connectivity index is 1.74. The van der Waals surface area contributed by atoms with Gasteiger partial charge in [-0.25, -0.2) is 9.78 Å². The lowest BCUT2D eigenvalue weighted by Crippen LogP contribution is -2.11. The quantitative estimate of drug-likeness (QED) is 0.424. The van der Waals surface area contributed by atoms with Gasteiger partial charge in [-0.3, -0.25) is 0 Å². The minimum absolute atomic E-state index is 0.0275. The molecule has 3 rings (SSSR count). The molecular formula is C21H18F3NO4S. The fraction of sp³-hybridized carbons (Fsp3) is 0.238. The Morgan fingerprint density at radius 3 is 2.43 bits per heavy atom. The van der Waals surface area contributed by atoms with Gasteiger partial charge in [0.25, 0.3) is 0 Å². The highest BCUT2D eigenvalue weighted by Crippen LogP contribution is 2.33. The van der Waals surface area contributed by atoms with E-state index in [-0.39, 0.29) is 18.4 Å². The molecule has 0 saturated carbocycles. The molecule has 1 aromatic heterocycles. The van der Waals surface area contributed by atoms with Crippen LogP contribution >= 0.6 is 11.8 Å². The fourth-order valence-corrected chi connectivity index (χ4v) is 2.92. The normalized spacial score (nSPS) is 11.3. The number of hydrogen-bond donors (Lipinski definition) is 0. The molecule has 1 heterocycles. The molecular weight excluding hydrogens is 419 g/mol. The van der Waals surface area contributed by atoms with E-state index >= 15 is 0 Å². The molecule has 0 aliphatic rings. The summed E-state index contributed by atoms with van der Waals surface area (Å²) < 4.78 is 54.0. The third-order valence-corrected chi connectivity index (χ3v) is 4.65. The smallest absolute Gasteiger partial charge is 0.429 e. The van der Waals surface area contributed by atoms with Crippen LogP contribution in [0.15, 0.2) is 59.0 Å². The monoisotopic (exact) mass is 437 g/mol. The average Bonchev–Trinajstić information content (AvgIpc) is 3.13. The van der Waals surface area contributed by atoms with E-state index in [2.05, 4.69) is 4.98 Å². The number of rotatable bonds is 7. The molecule has 9 heteroatoms. The van der Waals surface area contributed by atoms with Gasteiger partial charge in [0.05, 0.1) is 5.56 Å². The molecule has 0 spiro atoms. The van der Waals surface area contributed by atoms with Gasteiger partial charge < -0.3 is 13.9 Å². The topological polar surface area (TPSA) is 61.6 Å². The summed E-state index contributed by atoms with van der Waals surface area (Å²) in [7, 11) is 0. The highest BCUT2D eigenvalue weighted by molar-refractivity contribution is 7.98. The number of benzene rings is 2. The largest absolute Gasteiger partial charge is 0.516 e. The second-order valence-corrected chi connectivity index (χ2v) is 7.18. The molecule has 5 nitrogen and oxygen atoms in total. The molecule has 0 N–H and O–H groups in total. The molecule has 0 amide bonds. The number of carbonyl (C=O) groups is 1. The Kier molecular flexibility index (Phi) is 7.04. The summed E-state index contributed by atoms with van der Waals surface area (Å²) in [5.74, 6) is 0.622. The minimum atomic E-state index is -4.44. The zero-order valence-corrected chi connectivity index (χ0v) is 16.8. The molecule has 0 bridgehead atoms. The second-order valence-electron chi connectivity index (χ2n) is 6.20. The lowest BCUT2D eigenvalue weighted by molar-refractivity contribution is -0.137. The van der Waals surface area contributed by atoms with Crippen molar-refractivity contribution in [3.63, 3.8) is 0 Å². The van der Waals surface area contributed by atoms with Gasteiger partial charge in [0.1, 0.15) is 12.3 Å². The van der Waals surface area contributed by atoms with Crippen LogP contribution in [0.25, 0.3) is 11.5 Å². The molecule has 3 aromatic rings. The van der Waals surface area contributed by atoms with Crippen LogP contribution in [0, 0.1) is 0 Å². The van der Waals surface area contributed by atoms with E-state index in [0.29, 0.717) is 23.4 Å². The highest BCUT2D eigenvalue weighted by atomic mass is 32.2. The van der Waals surface area contributed by atoms with E-state index in [4.69, 9.17) is 13.9 Å². The van der Waals surface area contributed by atoms with Gasteiger partial charge in [-0.2, -0.15) is 24.9 Å². The van der Waals surface area contributed by atoms with Crippen LogP contribution in [-0.4, -0.2) is 23.1 Å². The molecule has 0 saturated heterocycles. The number of aryl methyl sites for hydroxylation is 1.